The van der Waals surface area contributed by atoms with E-state index in [9.17, 15) is 14.0 Å². The van der Waals surface area contributed by atoms with Crippen molar-refractivity contribution in [1.82, 2.24) is 4.98 Å². The zero-order valence-corrected chi connectivity index (χ0v) is 18.6. The van der Waals surface area contributed by atoms with Crippen molar-refractivity contribution in [3.05, 3.63) is 114 Å². The molecule has 0 unspecified atom stereocenters. The molecule has 174 valence electrons. The Hall–Kier alpha value is -4.72. The van der Waals surface area contributed by atoms with E-state index in [1.54, 1.807) is 65.7 Å². The third-order valence-corrected chi connectivity index (χ3v) is 5.63. The van der Waals surface area contributed by atoms with Gasteiger partial charge in [0.15, 0.2) is 11.5 Å². The van der Waals surface area contributed by atoms with Gasteiger partial charge in [0.1, 0.15) is 12.0 Å². The number of methoxy groups -OCH3 is 1. The Balaban J connectivity index is 1.53. The largest absolute Gasteiger partial charge is 0.493 e. The number of amides is 1. The number of nitrogens with zero attached hydrogens (tertiary/aromatic N) is 2. The molecule has 2 heterocycles. The second-order valence-corrected chi connectivity index (χ2v) is 7.79. The number of benzene rings is 3. The van der Waals surface area contributed by atoms with Gasteiger partial charge in [-0.2, -0.15) is 0 Å². The van der Waals surface area contributed by atoms with Crippen LogP contribution in [-0.2, 0) is 0 Å². The zero-order chi connectivity index (χ0) is 24.4. The van der Waals surface area contributed by atoms with Gasteiger partial charge >= 0.3 is 5.97 Å². The Labute approximate surface area is 200 Å². The highest BCUT2D eigenvalue weighted by Crippen LogP contribution is 2.39. The number of pyridine rings is 1. The Morgan fingerprint density at radius 1 is 1.00 bits per heavy atom. The van der Waals surface area contributed by atoms with Crippen LogP contribution in [0, 0.1) is 5.82 Å². The van der Waals surface area contributed by atoms with Crippen LogP contribution in [0.5, 0.6) is 11.5 Å². The van der Waals surface area contributed by atoms with Crippen LogP contribution in [-0.4, -0.2) is 24.0 Å². The molecule has 35 heavy (non-hydrogen) atoms. The molecule has 1 aliphatic heterocycles. The summed E-state index contributed by atoms with van der Waals surface area (Å²) in [5.74, 6) is -0.670. The molecule has 4 aromatic rings. The van der Waals surface area contributed by atoms with E-state index in [0.29, 0.717) is 33.8 Å². The summed E-state index contributed by atoms with van der Waals surface area (Å²) in [6, 6.07) is 21.2. The predicted molar refractivity (Wildman–Crippen MR) is 128 cm³/mol. The highest BCUT2D eigenvalue weighted by Gasteiger charge is 2.34. The quantitative estimate of drug-likeness (QED) is 0.319. The molecule has 0 aliphatic carbocycles. The van der Waals surface area contributed by atoms with E-state index in [0.717, 1.165) is 0 Å². The topological polar surface area (TPSA) is 80.8 Å². The molecule has 1 N–H and O–H groups in total. The summed E-state index contributed by atoms with van der Waals surface area (Å²) in [7, 11) is 1.47. The van der Waals surface area contributed by atoms with Crippen molar-refractivity contribution in [2.24, 2.45) is 0 Å². The lowest BCUT2D eigenvalue weighted by atomic mass is 10.0. The first-order chi connectivity index (χ1) is 17.0. The average Bonchev–Trinajstić information content (AvgIpc) is 2.90. The van der Waals surface area contributed by atoms with E-state index in [1.807, 2.05) is 12.1 Å². The number of nitrogens with one attached hydrogen (secondary N) is 1. The Kier molecular flexibility index (Phi) is 5.85. The molecule has 1 aliphatic rings. The van der Waals surface area contributed by atoms with E-state index in [1.165, 1.54) is 25.4 Å². The summed E-state index contributed by atoms with van der Waals surface area (Å²) in [5.41, 5.74) is 2.68. The number of carbonyl (C=O) groups excluding carboxylic acids is 2. The number of hydrogen-bond donors (Lipinski definition) is 1. The van der Waals surface area contributed by atoms with Crippen molar-refractivity contribution in [3.63, 3.8) is 0 Å². The number of carbonyl (C=O) groups is 2. The summed E-state index contributed by atoms with van der Waals surface area (Å²) < 4.78 is 24.6. The maximum absolute atomic E-state index is 13.6. The summed E-state index contributed by atoms with van der Waals surface area (Å²) in [6.07, 6.45) is 2.36. The van der Waals surface area contributed by atoms with Crippen molar-refractivity contribution < 1.29 is 23.5 Å². The fourth-order valence-corrected chi connectivity index (χ4v) is 3.94. The highest BCUT2D eigenvalue weighted by atomic mass is 19.1. The van der Waals surface area contributed by atoms with Crippen LogP contribution in [0.15, 0.2) is 91.3 Å². The maximum atomic E-state index is 13.6. The van der Waals surface area contributed by atoms with Gasteiger partial charge in [0, 0.05) is 23.8 Å². The van der Waals surface area contributed by atoms with Gasteiger partial charge in [-0.05, 0) is 66.2 Å². The van der Waals surface area contributed by atoms with Gasteiger partial charge in [-0.25, -0.2) is 9.18 Å². The van der Waals surface area contributed by atoms with Crippen molar-refractivity contribution in [2.75, 3.05) is 17.3 Å². The van der Waals surface area contributed by atoms with Gasteiger partial charge < -0.3 is 14.8 Å². The predicted octanol–water partition coefficient (Wildman–Crippen LogP) is 5.22. The lowest BCUT2D eigenvalue weighted by Gasteiger charge is -2.38. The number of rotatable bonds is 5. The number of hydrogen-bond acceptors (Lipinski definition) is 6. The smallest absolute Gasteiger partial charge is 0.345 e. The minimum atomic E-state index is -0.625. The molecule has 0 fully saturated rings. The third-order valence-electron chi connectivity index (χ3n) is 5.63. The first kappa shape index (κ1) is 22.1. The van der Waals surface area contributed by atoms with Crippen molar-refractivity contribution >= 4 is 23.3 Å². The van der Waals surface area contributed by atoms with E-state index >= 15 is 0 Å². The number of ether oxygens (including phenoxy) is 2. The molecule has 3 aromatic carbocycles. The average molecular weight is 469 g/mol. The lowest BCUT2D eigenvalue weighted by Crippen LogP contribution is -2.43. The third kappa shape index (κ3) is 4.29. The SMILES string of the molecule is COc1cc([C@H]2Nc3ccccc3C(=O)N2c2ccc(F)cc2)ccc1OC(=O)c1cccnc1. The number of halogens is 1. The molecule has 0 bridgehead atoms. The van der Waals surface area contributed by atoms with Crippen LogP contribution < -0.4 is 19.7 Å². The van der Waals surface area contributed by atoms with Gasteiger partial charge in [0.05, 0.1) is 18.2 Å². The molecule has 7 nitrogen and oxygen atoms in total. The van der Waals surface area contributed by atoms with Crippen molar-refractivity contribution in [1.29, 1.82) is 0 Å². The number of para-hydroxylation sites is 1. The van der Waals surface area contributed by atoms with Gasteiger partial charge in [-0.15, -0.1) is 0 Å². The van der Waals surface area contributed by atoms with Crippen LogP contribution in [0.4, 0.5) is 15.8 Å². The number of esters is 1. The molecule has 0 radical (unpaired) electrons. The molecule has 1 aromatic heterocycles. The molecule has 1 atom stereocenters. The summed E-state index contributed by atoms with van der Waals surface area (Å²) in [6.45, 7) is 0. The molecule has 8 heteroatoms. The number of fused-ring (bicyclic) bond motifs is 1. The summed E-state index contributed by atoms with van der Waals surface area (Å²) in [4.78, 5) is 31.5. The summed E-state index contributed by atoms with van der Waals surface area (Å²) in [5, 5.41) is 3.38. The van der Waals surface area contributed by atoms with Crippen LogP contribution in [0.2, 0.25) is 0 Å². The van der Waals surface area contributed by atoms with Crippen LogP contribution in [0.1, 0.15) is 32.4 Å². The van der Waals surface area contributed by atoms with Gasteiger partial charge in [-0.1, -0.05) is 18.2 Å². The number of aromatic nitrogens is 1. The maximum Gasteiger partial charge on any atom is 0.345 e. The Bertz CT molecular complexity index is 1390. The van der Waals surface area contributed by atoms with Crippen LogP contribution in [0.3, 0.4) is 0 Å². The molecule has 1 amide bonds. The second-order valence-electron chi connectivity index (χ2n) is 7.79. The van der Waals surface area contributed by atoms with Crippen LogP contribution >= 0.6 is 0 Å². The fourth-order valence-electron chi connectivity index (χ4n) is 3.94. The minimum absolute atomic E-state index is 0.223. The normalized spacial score (nSPS) is 14.6. The standard InChI is InChI=1S/C27H20FN3O4/c1-34-24-15-17(8-13-23(24)35-27(33)18-5-4-14-29-16-18)25-30-22-7-3-2-6-21(22)26(32)31(25)20-11-9-19(28)10-12-20/h2-16,25,30H,1H3/t25-/m0/s1. The van der Waals surface area contributed by atoms with E-state index in [-0.39, 0.29) is 11.7 Å². The monoisotopic (exact) mass is 469 g/mol. The second kappa shape index (κ2) is 9.26. The molecule has 0 saturated carbocycles. The molecular formula is C27H20FN3O4. The van der Waals surface area contributed by atoms with Crippen molar-refractivity contribution in [3.8, 4) is 11.5 Å². The molecular weight excluding hydrogens is 449 g/mol. The van der Waals surface area contributed by atoms with Gasteiger partial charge in [-0.3, -0.25) is 14.7 Å². The molecule has 0 saturated heterocycles. The lowest BCUT2D eigenvalue weighted by molar-refractivity contribution is 0.0729. The highest BCUT2D eigenvalue weighted by molar-refractivity contribution is 6.12. The first-order valence-electron chi connectivity index (χ1n) is 10.8. The van der Waals surface area contributed by atoms with Crippen molar-refractivity contribution in [2.45, 2.75) is 6.17 Å². The first-order valence-corrected chi connectivity index (χ1v) is 10.8. The summed E-state index contributed by atoms with van der Waals surface area (Å²) >= 11 is 0. The minimum Gasteiger partial charge on any atom is -0.493 e. The zero-order valence-electron chi connectivity index (χ0n) is 18.6. The van der Waals surface area contributed by atoms with E-state index < -0.39 is 18.0 Å². The van der Waals surface area contributed by atoms with Crippen LogP contribution in [0.25, 0.3) is 0 Å². The fraction of sp³-hybridized carbons (Fsp3) is 0.0741. The molecule has 0 spiro atoms. The van der Waals surface area contributed by atoms with E-state index in [4.69, 9.17) is 9.47 Å². The van der Waals surface area contributed by atoms with Gasteiger partial charge in [0.2, 0.25) is 0 Å². The van der Waals surface area contributed by atoms with Gasteiger partial charge in [0.25, 0.3) is 5.91 Å². The Morgan fingerprint density at radius 3 is 2.54 bits per heavy atom. The molecule has 5 rings (SSSR count). The number of anilines is 2. The van der Waals surface area contributed by atoms with E-state index in [2.05, 4.69) is 10.3 Å². The Morgan fingerprint density at radius 2 is 1.80 bits per heavy atom.